The Morgan fingerprint density at radius 1 is 0.738 bits per heavy atom. The number of aliphatic hydroxyl groups excluding tert-OH is 1. The minimum absolute atomic E-state index is 0.0121. The molecule has 42 heavy (non-hydrogen) atoms. The Bertz CT molecular complexity index is 673. The van der Waals surface area contributed by atoms with Crippen LogP contribution in [0.5, 0.6) is 0 Å². The van der Waals surface area contributed by atoms with Crippen molar-refractivity contribution in [2.45, 2.75) is 167 Å². The highest BCUT2D eigenvalue weighted by Gasteiger charge is 2.24. The molecule has 0 aliphatic heterocycles. The van der Waals surface area contributed by atoms with Crippen LogP contribution < -0.4 is 10.2 Å². The SMILES string of the molecule is CCCCCCCCCCCCCCCCCCCCCCC(O)C(COP(=O)([O-])OCC[N+](C)(C)C)NC(=O)CC. The largest absolute Gasteiger partial charge is 0.756 e. The Kier molecular flexibility index (Phi) is 26.5. The van der Waals surface area contributed by atoms with Gasteiger partial charge in [0.15, 0.2) is 0 Å². The van der Waals surface area contributed by atoms with Gasteiger partial charge in [-0.2, -0.15) is 0 Å². The van der Waals surface area contributed by atoms with Gasteiger partial charge in [-0.05, 0) is 6.42 Å². The van der Waals surface area contributed by atoms with E-state index in [2.05, 4.69) is 12.2 Å². The van der Waals surface area contributed by atoms with Crippen molar-refractivity contribution in [3.8, 4) is 0 Å². The van der Waals surface area contributed by atoms with Gasteiger partial charge in [0, 0.05) is 6.42 Å². The number of hydrogen-bond donors (Lipinski definition) is 2. The lowest BCUT2D eigenvalue weighted by Gasteiger charge is -2.30. The van der Waals surface area contributed by atoms with Gasteiger partial charge in [0.1, 0.15) is 13.2 Å². The van der Waals surface area contributed by atoms with Crippen LogP contribution in [-0.2, 0) is 18.4 Å². The highest BCUT2D eigenvalue weighted by atomic mass is 31.2. The van der Waals surface area contributed by atoms with Crippen LogP contribution in [0.3, 0.4) is 0 Å². The molecule has 3 unspecified atom stereocenters. The first-order chi connectivity index (χ1) is 20.0. The highest BCUT2D eigenvalue weighted by Crippen LogP contribution is 2.38. The molecule has 0 heterocycles. The number of carbonyl (C=O) groups excluding carboxylic acids is 1. The second-order valence-corrected chi connectivity index (χ2v) is 14.6. The van der Waals surface area contributed by atoms with E-state index in [4.69, 9.17) is 9.05 Å². The van der Waals surface area contributed by atoms with Crippen LogP contribution in [0.4, 0.5) is 0 Å². The minimum atomic E-state index is -4.51. The number of likely N-dealkylation sites (N-methyl/N-ethyl adjacent to an activating group) is 1. The van der Waals surface area contributed by atoms with Crippen molar-refractivity contribution in [2.24, 2.45) is 0 Å². The van der Waals surface area contributed by atoms with Gasteiger partial charge in [-0.3, -0.25) is 9.36 Å². The van der Waals surface area contributed by atoms with Crippen LogP contribution in [0.2, 0.25) is 0 Å². The Morgan fingerprint density at radius 2 is 1.14 bits per heavy atom. The highest BCUT2D eigenvalue weighted by molar-refractivity contribution is 7.45. The molecule has 3 atom stereocenters. The summed E-state index contributed by atoms with van der Waals surface area (Å²) in [7, 11) is 1.30. The summed E-state index contributed by atoms with van der Waals surface area (Å²) in [6.45, 7) is 4.17. The number of quaternary nitrogens is 1. The summed E-state index contributed by atoms with van der Waals surface area (Å²) in [6, 6.07) is -0.790. The first-order valence-corrected chi connectivity index (χ1v) is 18.8. The van der Waals surface area contributed by atoms with E-state index in [0.29, 0.717) is 17.4 Å². The number of nitrogens with zero attached hydrogens (tertiary/aromatic N) is 1. The van der Waals surface area contributed by atoms with Gasteiger partial charge < -0.3 is 28.8 Å². The van der Waals surface area contributed by atoms with Crippen molar-refractivity contribution in [2.75, 3.05) is 40.9 Å². The van der Waals surface area contributed by atoms with Gasteiger partial charge in [0.2, 0.25) is 5.91 Å². The quantitative estimate of drug-likeness (QED) is 0.0468. The normalized spacial score (nSPS) is 14.9. The fourth-order valence-electron chi connectivity index (χ4n) is 5.00. The second-order valence-electron chi connectivity index (χ2n) is 13.2. The number of hydrogen-bond acceptors (Lipinski definition) is 6. The fraction of sp³-hybridized carbons (Fsp3) is 0.970. The van der Waals surface area contributed by atoms with Gasteiger partial charge in [0.05, 0.1) is 39.9 Å². The lowest BCUT2D eigenvalue weighted by Crippen LogP contribution is -2.46. The minimum Gasteiger partial charge on any atom is -0.756 e. The zero-order chi connectivity index (χ0) is 31.5. The monoisotopic (exact) mass is 620 g/mol. The molecule has 0 aliphatic carbocycles. The summed E-state index contributed by atoms with van der Waals surface area (Å²) in [6.07, 6.45) is 26.1. The van der Waals surface area contributed by atoms with Crippen LogP contribution in [0, 0.1) is 0 Å². The van der Waals surface area contributed by atoms with Crippen LogP contribution in [-0.4, -0.2) is 68.5 Å². The molecule has 9 heteroatoms. The fourth-order valence-corrected chi connectivity index (χ4v) is 5.73. The number of carbonyl (C=O) groups is 1. The summed E-state index contributed by atoms with van der Waals surface area (Å²) in [4.78, 5) is 24.1. The smallest absolute Gasteiger partial charge is 0.268 e. The standard InChI is InChI=1S/C33H69N2O6P/c1-6-8-9-10-11-12-13-14-15-16-17-18-19-20-21-22-23-24-25-26-27-32(36)31(34-33(37)7-2)30-41-42(38,39)40-29-28-35(3,4)5/h31-32,36H,6-30H2,1-5H3,(H-,34,37,38,39). The summed E-state index contributed by atoms with van der Waals surface area (Å²) >= 11 is 0. The molecule has 0 spiro atoms. The predicted molar refractivity (Wildman–Crippen MR) is 173 cm³/mol. The molecule has 0 saturated carbocycles. The lowest BCUT2D eigenvalue weighted by atomic mass is 10.0. The number of nitrogens with one attached hydrogen (secondary N) is 1. The first-order valence-electron chi connectivity index (χ1n) is 17.4. The van der Waals surface area contributed by atoms with Gasteiger partial charge in [0.25, 0.3) is 7.82 Å². The third kappa shape index (κ3) is 28.3. The third-order valence-electron chi connectivity index (χ3n) is 7.91. The van der Waals surface area contributed by atoms with Crippen molar-refractivity contribution in [3.63, 3.8) is 0 Å². The zero-order valence-electron chi connectivity index (χ0n) is 28.2. The van der Waals surface area contributed by atoms with E-state index in [1.807, 2.05) is 21.1 Å². The van der Waals surface area contributed by atoms with Crippen molar-refractivity contribution in [1.82, 2.24) is 5.32 Å². The van der Waals surface area contributed by atoms with Crippen molar-refractivity contribution >= 4 is 13.7 Å². The average Bonchev–Trinajstić information content (AvgIpc) is 2.93. The third-order valence-corrected chi connectivity index (χ3v) is 8.87. The van der Waals surface area contributed by atoms with Gasteiger partial charge in [-0.15, -0.1) is 0 Å². The van der Waals surface area contributed by atoms with E-state index in [-0.39, 0.29) is 25.5 Å². The molecule has 2 N–H and O–H groups in total. The van der Waals surface area contributed by atoms with Gasteiger partial charge in [-0.1, -0.05) is 142 Å². The Labute approximate surface area is 259 Å². The zero-order valence-corrected chi connectivity index (χ0v) is 29.1. The average molecular weight is 621 g/mol. The molecule has 252 valence electrons. The Hall–Kier alpha value is -0.500. The van der Waals surface area contributed by atoms with Crippen molar-refractivity contribution < 1.29 is 32.9 Å². The predicted octanol–water partition coefficient (Wildman–Crippen LogP) is 7.66. The van der Waals surface area contributed by atoms with E-state index in [0.717, 1.165) is 19.3 Å². The molecular formula is C33H69N2O6P. The first kappa shape index (κ1) is 41.5. The lowest BCUT2D eigenvalue weighted by molar-refractivity contribution is -0.870. The second kappa shape index (κ2) is 26.9. The van der Waals surface area contributed by atoms with E-state index in [1.54, 1.807) is 6.92 Å². The molecule has 8 nitrogen and oxygen atoms in total. The van der Waals surface area contributed by atoms with Crippen LogP contribution in [0.15, 0.2) is 0 Å². The summed E-state index contributed by atoms with van der Waals surface area (Å²) < 4.78 is 22.6. The molecule has 0 fully saturated rings. The molecule has 1 amide bonds. The summed E-state index contributed by atoms with van der Waals surface area (Å²) in [5, 5.41) is 13.4. The van der Waals surface area contributed by atoms with E-state index >= 15 is 0 Å². The van der Waals surface area contributed by atoms with Gasteiger partial charge in [-0.25, -0.2) is 0 Å². The molecule has 0 aromatic heterocycles. The number of rotatable bonds is 31. The molecule has 0 rings (SSSR count). The maximum atomic E-state index is 12.1. The molecule has 0 bridgehead atoms. The number of unbranched alkanes of at least 4 members (excludes halogenated alkanes) is 19. The number of amides is 1. The van der Waals surface area contributed by atoms with Gasteiger partial charge >= 0.3 is 0 Å². The summed E-state index contributed by atoms with van der Waals surface area (Å²) in [5.74, 6) is -0.252. The molecular weight excluding hydrogens is 551 g/mol. The topological polar surface area (TPSA) is 108 Å². The van der Waals surface area contributed by atoms with E-state index in [9.17, 15) is 19.4 Å². The number of phosphoric ester groups is 1. The molecule has 0 aliphatic rings. The molecule has 0 aromatic carbocycles. The van der Waals surface area contributed by atoms with Crippen LogP contribution in [0.1, 0.15) is 155 Å². The summed E-state index contributed by atoms with van der Waals surface area (Å²) in [5.41, 5.74) is 0. The number of aliphatic hydroxyl groups is 1. The van der Waals surface area contributed by atoms with E-state index < -0.39 is 20.0 Å². The maximum absolute atomic E-state index is 12.1. The molecule has 0 aromatic rings. The van der Waals surface area contributed by atoms with Crippen LogP contribution >= 0.6 is 7.82 Å². The molecule has 0 radical (unpaired) electrons. The number of phosphoric acid groups is 1. The van der Waals surface area contributed by atoms with Crippen molar-refractivity contribution in [3.05, 3.63) is 0 Å². The van der Waals surface area contributed by atoms with E-state index in [1.165, 1.54) is 109 Å². The molecule has 0 saturated heterocycles. The van der Waals surface area contributed by atoms with Crippen molar-refractivity contribution in [1.29, 1.82) is 0 Å². The van der Waals surface area contributed by atoms with Crippen LogP contribution in [0.25, 0.3) is 0 Å². The Morgan fingerprint density at radius 3 is 1.52 bits per heavy atom. The maximum Gasteiger partial charge on any atom is 0.268 e. The Balaban J connectivity index is 3.85.